The number of sulfonamides is 1. The van der Waals surface area contributed by atoms with Gasteiger partial charge >= 0.3 is 0 Å². The highest BCUT2D eigenvalue weighted by Crippen LogP contribution is 2.31. The van der Waals surface area contributed by atoms with E-state index >= 15 is 0 Å². The van der Waals surface area contributed by atoms with Gasteiger partial charge in [0.15, 0.2) is 0 Å². The second-order valence-electron chi connectivity index (χ2n) is 7.51. The first-order chi connectivity index (χ1) is 14.6. The van der Waals surface area contributed by atoms with Crippen LogP contribution in [0.15, 0.2) is 47.6 Å². The molecule has 0 saturated heterocycles. The van der Waals surface area contributed by atoms with Crippen LogP contribution in [0.3, 0.4) is 0 Å². The Morgan fingerprint density at radius 3 is 2.58 bits per heavy atom. The Morgan fingerprint density at radius 1 is 1.29 bits per heavy atom. The number of benzene rings is 2. The molecule has 166 valence electrons. The van der Waals surface area contributed by atoms with Crippen LogP contribution in [-0.4, -0.2) is 45.8 Å². The molecule has 0 bridgehead atoms. The summed E-state index contributed by atoms with van der Waals surface area (Å²) in [5.41, 5.74) is 12.3. The predicted molar refractivity (Wildman–Crippen MR) is 121 cm³/mol. The van der Waals surface area contributed by atoms with Gasteiger partial charge in [-0.3, -0.25) is 14.5 Å². The van der Waals surface area contributed by atoms with E-state index in [2.05, 4.69) is 15.8 Å². The summed E-state index contributed by atoms with van der Waals surface area (Å²) in [5, 5.41) is 7.03. The first-order valence-corrected chi connectivity index (χ1v) is 11.6. The van der Waals surface area contributed by atoms with Crippen LogP contribution in [0.25, 0.3) is 11.1 Å². The Bertz CT molecular complexity index is 1110. The number of nitrogens with one attached hydrogen (secondary N) is 2. The molecule has 0 aromatic heterocycles. The molecular weight excluding hydrogens is 418 g/mol. The number of ether oxygens (including phenoxy) is 1. The van der Waals surface area contributed by atoms with Crippen molar-refractivity contribution in [3.63, 3.8) is 0 Å². The van der Waals surface area contributed by atoms with Crippen LogP contribution in [0.4, 0.5) is 5.69 Å². The molecule has 1 amide bonds. The number of carbonyl (C=O) groups excluding carboxylic acids is 1. The summed E-state index contributed by atoms with van der Waals surface area (Å²) in [4.78, 5) is 11.4. The second kappa shape index (κ2) is 8.94. The molecule has 3 rings (SSSR count). The van der Waals surface area contributed by atoms with E-state index < -0.39 is 16.3 Å². The molecule has 0 spiro atoms. The van der Waals surface area contributed by atoms with E-state index in [0.717, 1.165) is 22.9 Å². The Kier molecular flexibility index (Phi) is 6.51. The van der Waals surface area contributed by atoms with Crippen molar-refractivity contribution in [3.8, 4) is 11.1 Å². The van der Waals surface area contributed by atoms with Crippen LogP contribution in [0, 0.1) is 0 Å². The lowest BCUT2D eigenvalue weighted by Gasteiger charge is -2.20. The highest BCUT2D eigenvalue weighted by atomic mass is 32.2. The quantitative estimate of drug-likeness (QED) is 0.590. The molecule has 0 fully saturated rings. The van der Waals surface area contributed by atoms with Crippen LogP contribution >= 0.6 is 0 Å². The first-order valence-electron chi connectivity index (χ1n) is 9.74. The fourth-order valence-electron chi connectivity index (χ4n) is 3.09. The largest absolute Gasteiger partial charge is 0.449 e. The Hall–Kier alpha value is -3.11. The van der Waals surface area contributed by atoms with Crippen molar-refractivity contribution in [2.45, 2.75) is 32.7 Å². The normalized spacial score (nSPS) is 16.7. The molecule has 0 aliphatic carbocycles. The predicted octanol–water partition coefficient (Wildman–Crippen LogP) is 1.34. The summed E-state index contributed by atoms with van der Waals surface area (Å²) in [6, 6.07) is 12.7. The lowest BCUT2D eigenvalue weighted by atomic mass is 9.97. The zero-order valence-electron chi connectivity index (χ0n) is 17.9. The van der Waals surface area contributed by atoms with Crippen molar-refractivity contribution in [2.75, 3.05) is 17.6 Å². The Balaban J connectivity index is 2.10. The second-order valence-corrected chi connectivity index (χ2v) is 9.52. The van der Waals surface area contributed by atoms with E-state index in [9.17, 15) is 13.2 Å². The van der Waals surface area contributed by atoms with E-state index in [0.29, 0.717) is 23.7 Å². The topological polar surface area (TPSA) is 126 Å². The number of hydrogen-bond donors (Lipinski definition) is 3. The summed E-state index contributed by atoms with van der Waals surface area (Å²) in [6.07, 6.45) is 0.670. The zero-order chi connectivity index (χ0) is 22.8. The van der Waals surface area contributed by atoms with Crippen molar-refractivity contribution in [1.82, 2.24) is 10.7 Å². The average molecular weight is 446 g/mol. The van der Waals surface area contributed by atoms with Gasteiger partial charge in [0.1, 0.15) is 0 Å². The molecule has 1 heterocycles. The number of hydrogen-bond acceptors (Lipinski definition) is 7. The van der Waals surface area contributed by atoms with Gasteiger partial charge in [-0.2, -0.15) is 0 Å². The molecule has 0 saturated carbocycles. The van der Waals surface area contributed by atoms with Crippen molar-refractivity contribution < 1.29 is 17.9 Å². The molecule has 10 heteroatoms. The Morgan fingerprint density at radius 2 is 1.97 bits per heavy atom. The van der Waals surface area contributed by atoms with E-state index in [1.165, 1.54) is 18.3 Å². The van der Waals surface area contributed by atoms with Gasteiger partial charge in [0, 0.05) is 26.1 Å². The van der Waals surface area contributed by atoms with Gasteiger partial charge < -0.3 is 15.8 Å². The number of hydrazone groups is 1. The minimum Gasteiger partial charge on any atom is -0.449 e. The fourth-order valence-corrected chi connectivity index (χ4v) is 3.58. The summed E-state index contributed by atoms with van der Waals surface area (Å²) >= 11 is 0. The number of carbonyl (C=O) groups is 1. The maximum Gasteiger partial charge on any atom is 0.240 e. The highest BCUT2D eigenvalue weighted by molar-refractivity contribution is 7.92. The van der Waals surface area contributed by atoms with Gasteiger partial charge in [0.25, 0.3) is 0 Å². The van der Waals surface area contributed by atoms with Gasteiger partial charge in [0.2, 0.25) is 28.1 Å². The lowest BCUT2D eigenvalue weighted by Crippen LogP contribution is -2.39. The third-order valence-electron chi connectivity index (χ3n) is 4.89. The summed E-state index contributed by atoms with van der Waals surface area (Å²) in [5.74, 6) is 0.189. The number of nitrogens with two attached hydrogens (primary N) is 1. The van der Waals surface area contributed by atoms with Crippen molar-refractivity contribution in [1.29, 1.82) is 0 Å². The summed E-state index contributed by atoms with van der Waals surface area (Å²) in [7, 11) is -2.00. The minimum absolute atomic E-state index is 0.136. The summed E-state index contributed by atoms with van der Waals surface area (Å²) in [6.45, 7) is 3.60. The van der Waals surface area contributed by atoms with Crippen LogP contribution in [0.5, 0.6) is 0 Å². The number of nitrogens with zero attached hydrogens (tertiary/aromatic N) is 2. The average Bonchev–Trinajstić information content (AvgIpc) is 3.21. The van der Waals surface area contributed by atoms with E-state index in [1.54, 1.807) is 19.1 Å². The van der Waals surface area contributed by atoms with Gasteiger partial charge in [-0.15, -0.1) is 5.10 Å². The molecule has 2 aromatic rings. The molecule has 2 unspecified atom stereocenters. The summed E-state index contributed by atoms with van der Waals surface area (Å²) < 4.78 is 31.4. The number of amides is 1. The maximum atomic E-state index is 12.2. The van der Waals surface area contributed by atoms with E-state index in [1.807, 2.05) is 30.3 Å². The van der Waals surface area contributed by atoms with Gasteiger partial charge in [-0.05, 0) is 41.8 Å². The van der Waals surface area contributed by atoms with E-state index in [-0.39, 0.29) is 11.9 Å². The third-order valence-corrected chi connectivity index (χ3v) is 6.10. The molecule has 9 nitrogen and oxygen atoms in total. The molecule has 1 aliphatic heterocycles. The standard InChI is InChI=1S/C21H27N5O4S/c1-13(22)20-24-25-21(30-20)17-9-16(10-18(11-17)26(3)31(4,28)29)19-8-6-5-7-15(19)12-23-14(2)27/h5-11,13,20,24H,12,22H2,1-4H3,(H,23,27). The first kappa shape index (κ1) is 22.6. The van der Waals surface area contributed by atoms with Gasteiger partial charge in [-0.1, -0.05) is 24.3 Å². The molecular formula is C21H27N5O4S. The van der Waals surface area contributed by atoms with Crippen LogP contribution in [0.2, 0.25) is 0 Å². The van der Waals surface area contributed by atoms with Crippen LogP contribution in [0.1, 0.15) is 25.0 Å². The molecule has 0 radical (unpaired) electrons. The van der Waals surface area contributed by atoms with Crippen LogP contribution in [-0.2, 0) is 26.1 Å². The van der Waals surface area contributed by atoms with Crippen molar-refractivity contribution in [3.05, 3.63) is 53.6 Å². The Labute approximate surface area is 182 Å². The van der Waals surface area contributed by atoms with Crippen molar-refractivity contribution in [2.24, 2.45) is 10.8 Å². The van der Waals surface area contributed by atoms with Crippen LogP contribution < -0.4 is 20.8 Å². The molecule has 2 aromatic carbocycles. The molecule has 2 atom stereocenters. The maximum absolute atomic E-state index is 12.2. The number of rotatable bonds is 7. The van der Waals surface area contributed by atoms with E-state index in [4.69, 9.17) is 10.5 Å². The zero-order valence-corrected chi connectivity index (χ0v) is 18.7. The fraction of sp³-hybridized carbons (Fsp3) is 0.333. The van der Waals surface area contributed by atoms with Gasteiger partial charge in [0.05, 0.1) is 18.0 Å². The molecule has 31 heavy (non-hydrogen) atoms. The monoisotopic (exact) mass is 445 g/mol. The van der Waals surface area contributed by atoms with Gasteiger partial charge in [-0.25, -0.2) is 8.42 Å². The smallest absolute Gasteiger partial charge is 0.240 e. The number of anilines is 1. The third kappa shape index (κ3) is 5.33. The lowest BCUT2D eigenvalue weighted by molar-refractivity contribution is -0.119. The SMILES string of the molecule is CC(=O)NCc1ccccc1-c1cc(C2=NNC(C(C)N)O2)cc(N(C)S(C)(=O)=O)c1. The highest BCUT2D eigenvalue weighted by Gasteiger charge is 2.25. The van der Waals surface area contributed by atoms with Crippen molar-refractivity contribution >= 4 is 27.5 Å². The minimum atomic E-state index is -3.49. The molecule has 4 N–H and O–H groups in total. The molecule has 1 aliphatic rings.